The third-order valence-electron chi connectivity index (χ3n) is 3.81. The summed E-state index contributed by atoms with van der Waals surface area (Å²) in [5, 5.41) is 3.02. The lowest BCUT2D eigenvalue weighted by atomic mass is 9.93. The summed E-state index contributed by atoms with van der Waals surface area (Å²) in [6.07, 6.45) is 1.96. The Bertz CT molecular complexity index is 425. The summed E-state index contributed by atoms with van der Waals surface area (Å²) in [6, 6.07) is 7.28. The molecule has 0 radical (unpaired) electrons. The molecule has 0 saturated heterocycles. The van der Waals surface area contributed by atoms with Gasteiger partial charge in [0.05, 0.1) is 25.7 Å². The van der Waals surface area contributed by atoms with Gasteiger partial charge in [-0.2, -0.15) is 0 Å². The quantitative estimate of drug-likeness (QED) is 0.729. The van der Waals surface area contributed by atoms with Gasteiger partial charge in [0, 0.05) is 6.54 Å². The van der Waals surface area contributed by atoms with Crippen molar-refractivity contribution < 1.29 is 14.3 Å². The zero-order chi connectivity index (χ0) is 15.7. The Morgan fingerprint density at radius 3 is 2.18 bits per heavy atom. The van der Waals surface area contributed by atoms with E-state index in [-0.39, 0.29) is 23.9 Å². The zero-order valence-corrected chi connectivity index (χ0v) is 14.4. The minimum absolute atomic E-state index is 0. The highest BCUT2D eigenvalue weighted by Crippen LogP contribution is 2.17. The number of methoxy groups -OCH3 is 1. The average Bonchev–Trinajstić information content (AvgIpc) is 2.53. The smallest absolute Gasteiger partial charge is 0.223 e. The molecular weight excluding hydrogens is 304 g/mol. The van der Waals surface area contributed by atoms with Crippen molar-refractivity contribution in [2.24, 2.45) is 5.73 Å². The molecule has 0 aliphatic carbocycles. The average molecular weight is 331 g/mol. The van der Waals surface area contributed by atoms with Crippen molar-refractivity contribution in [2.75, 3.05) is 20.3 Å². The fourth-order valence-corrected chi connectivity index (χ4v) is 2.06. The van der Waals surface area contributed by atoms with Gasteiger partial charge < -0.3 is 20.5 Å². The van der Waals surface area contributed by atoms with Crippen LogP contribution >= 0.6 is 12.4 Å². The van der Waals surface area contributed by atoms with Gasteiger partial charge in [-0.05, 0) is 37.1 Å². The number of hydrogen-bond donors (Lipinski definition) is 2. The Hall–Kier alpha value is -1.46. The van der Waals surface area contributed by atoms with Gasteiger partial charge in [0.1, 0.15) is 11.5 Å². The highest BCUT2D eigenvalue weighted by molar-refractivity contribution is 5.85. The first-order chi connectivity index (χ1) is 10.1. The van der Waals surface area contributed by atoms with Gasteiger partial charge >= 0.3 is 0 Å². The predicted molar refractivity (Wildman–Crippen MR) is 90.9 cm³/mol. The van der Waals surface area contributed by atoms with E-state index >= 15 is 0 Å². The molecule has 0 aliphatic heterocycles. The summed E-state index contributed by atoms with van der Waals surface area (Å²) >= 11 is 0. The topological polar surface area (TPSA) is 73.6 Å². The Kier molecular flexibility index (Phi) is 9.61. The third kappa shape index (κ3) is 6.12. The molecule has 0 spiro atoms. The second-order valence-corrected chi connectivity index (χ2v) is 5.01. The van der Waals surface area contributed by atoms with Crippen LogP contribution in [-0.2, 0) is 4.79 Å². The number of ether oxygens (including phenoxy) is 2. The van der Waals surface area contributed by atoms with Crippen LogP contribution in [0.5, 0.6) is 11.5 Å². The standard InChI is InChI=1S/C16H26N2O3.ClH/c1-4-16(5-2,12-17)18-15(19)10-11-21-14-8-6-13(20-3)7-9-14;/h6-9H,4-5,10-12,17H2,1-3H3,(H,18,19);1H. The van der Waals surface area contributed by atoms with E-state index < -0.39 is 0 Å². The Morgan fingerprint density at radius 2 is 1.73 bits per heavy atom. The van der Waals surface area contributed by atoms with Crippen LogP contribution in [-0.4, -0.2) is 31.7 Å². The lowest BCUT2D eigenvalue weighted by Gasteiger charge is -2.31. The van der Waals surface area contributed by atoms with Crippen LogP contribution in [0.2, 0.25) is 0 Å². The second kappa shape index (κ2) is 10.3. The number of nitrogens with one attached hydrogen (secondary N) is 1. The summed E-state index contributed by atoms with van der Waals surface area (Å²) in [5.41, 5.74) is 5.47. The molecule has 6 heteroatoms. The van der Waals surface area contributed by atoms with Crippen molar-refractivity contribution in [1.82, 2.24) is 5.32 Å². The van der Waals surface area contributed by atoms with Crippen molar-refractivity contribution in [3.8, 4) is 11.5 Å². The lowest BCUT2D eigenvalue weighted by molar-refractivity contribution is -0.123. The molecule has 5 nitrogen and oxygen atoms in total. The molecule has 0 aliphatic rings. The summed E-state index contributed by atoms with van der Waals surface area (Å²) in [6.45, 7) is 4.85. The van der Waals surface area contributed by atoms with Gasteiger partial charge in [-0.1, -0.05) is 13.8 Å². The van der Waals surface area contributed by atoms with Crippen LogP contribution in [0.15, 0.2) is 24.3 Å². The molecule has 0 saturated carbocycles. The molecule has 1 aromatic carbocycles. The van der Waals surface area contributed by atoms with Crippen molar-refractivity contribution >= 4 is 18.3 Å². The number of carbonyl (C=O) groups excluding carboxylic acids is 1. The fraction of sp³-hybridized carbons (Fsp3) is 0.562. The Morgan fingerprint density at radius 1 is 1.18 bits per heavy atom. The molecule has 1 rings (SSSR count). The maximum Gasteiger partial charge on any atom is 0.223 e. The van der Waals surface area contributed by atoms with E-state index in [4.69, 9.17) is 15.2 Å². The molecule has 1 aromatic rings. The molecule has 126 valence electrons. The summed E-state index contributed by atoms with van der Waals surface area (Å²) in [7, 11) is 1.62. The van der Waals surface area contributed by atoms with Gasteiger partial charge in [0.25, 0.3) is 0 Å². The third-order valence-corrected chi connectivity index (χ3v) is 3.81. The van der Waals surface area contributed by atoms with Gasteiger partial charge in [-0.15, -0.1) is 12.4 Å². The van der Waals surface area contributed by atoms with Crippen LogP contribution in [0.3, 0.4) is 0 Å². The molecular formula is C16H27ClN2O3. The van der Waals surface area contributed by atoms with Crippen molar-refractivity contribution in [3.05, 3.63) is 24.3 Å². The van der Waals surface area contributed by atoms with E-state index in [0.29, 0.717) is 19.6 Å². The first-order valence-corrected chi connectivity index (χ1v) is 7.37. The summed E-state index contributed by atoms with van der Waals surface area (Å²) in [5.74, 6) is 1.47. The van der Waals surface area contributed by atoms with Crippen LogP contribution < -0.4 is 20.5 Å². The SMILES string of the molecule is CCC(CC)(CN)NC(=O)CCOc1ccc(OC)cc1.Cl. The van der Waals surface area contributed by atoms with E-state index in [0.717, 1.165) is 24.3 Å². The highest BCUT2D eigenvalue weighted by Gasteiger charge is 2.25. The molecule has 22 heavy (non-hydrogen) atoms. The van der Waals surface area contributed by atoms with Crippen molar-refractivity contribution in [3.63, 3.8) is 0 Å². The van der Waals surface area contributed by atoms with Gasteiger partial charge in [-0.3, -0.25) is 4.79 Å². The number of hydrogen-bond acceptors (Lipinski definition) is 4. The summed E-state index contributed by atoms with van der Waals surface area (Å²) < 4.78 is 10.6. The van der Waals surface area contributed by atoms with Gasteiger partial charge in [0.15, 0.2) is 0 Å². The van der Waals surface area contributed by atoms with Gasteiger partial charge in [0.2, 0.25) is 5.91 Å². The normalized spacial score (nSPS) is 10.5. The first-order valence-electron chi connectivity index (χ1n) is 7.37. The van der Waals surface area contributed by atoms with E-state index in [1.807, 2.05) is 38.1 Å². The maximum absolute atomic E-state index is 12.0. The molecule has 0 fully saturated rings. The van der Waals surface area contributed by atoms with Crippen LogP contribution in [0.4, 0.5) is 0 Å². The van der Waals surface area contributed by atoms with E-state index in [9.17, 15) is 4.79 Å². The molecule has 0 unspecified atom stereocenters. The maximum atomic E-state index is 12.0. The van der Waals surface area contributed by atoms with Crippen LogP contribution in [0.25, 0.3) is 0 Å². The minimum Gasteiger partial charge on any atom is -0.497 e. The van der Waals surface area contributed by atoms with Crippen LogP contribution in [0.1, 0.15) is 33.1 Å². The zero-order valence-electron chi connectivity index (χ0n) is 13.6. The molecule has 3 N–H and O–H groups in total. The molecule has 0 aromatic heterocycles. The monoisotopic (exact) mass is 330 g/mol. The number of halogens is 1. The molecule has 1 amide bonds. The lowest BCUT2D eigenvalue weighted by Crippen LogP contribution is -2.53. The number of rotatable bonds is 9. The predicted octanol–water partition coefficient (Wildman–Crippen LogP) is 2.52. The van der Waals surface area contributed by atoms with E-state index in [1.54, 1.807) is 7.11 Å². The molecule has 0 bridgehead atoms. The molecule has 0 atom stereocenters. The number of benzene rings is 1. The van der Waals surface area contributed by atoms with Crippen molar-refractivity contribution in [2.45, 2.75) is 38.6 Å². The summed E-state index contributed by atoms with van der Waals surface area (Å²) in [4.78, 5) is 12.0. The van der Waals surface area contributed by atoms with Gasteiger partial charge in [-0.25, -0.2) is 0 Å². The van der Waals surface area contributed by atoms with E-state index in [2.05, 4.69) is 5.32 Å². The molecule has 0 heterocycles. The van der Waals surface area contributed by atoms with E-state index in [1.165, 1.54) is 0 Å². The van der Waals surface area contributed by atoms with Crippen molar-refractivity contribution in [1.29, 1.82) is 0 Å². The highest BCUT2D eigenvalue weighted by atomic mass is 35.5. The number of amides is 1. The Balaban J connectivity index is 0.00000441. The number of carbonyl (C=O) groups is 1. The largest absolute Gasteiger partial charge is 0.497 e. The number of nitrogens with two attached hydrogens (primary N) is 1. The first kappa shape index (κ1) is 20.5. The minimum atomic E-state index is -0.294. The second-order valence-electron chi connectivity index (χ2n) is 5.01. The fourth-order valence-electron chi connectivity index (χ4n) is 2.06. The van der Waals surface area contributed by atoms with Crippen LogP contribution in [0, 0.1) is 0 Å². The Labute approximate surface area is 139 Å².